The number of imide groups is 1. The van der Waals surface area contributed by atoms with Crippen LogP contribution in [0.5, 0.6) is 0 Å². The van der Waals surface area contributed by atoms with E-state index in [-0.39, 0.29) is 17.9 Å². The number of aromatic amines is 1. The van der Waals surface area contributed by atoms with Gasteiger partial charge in [0.05, 0.1) is 5.69 Å². The Kier molecular flexibility index (Phi) is 3.12. The minimum absolute atomic E-state index is 0.208. The van der Waals surface area contributed by atoms with Gasteiger partial charge in [0.15, 0.2) is 0 Å². The number of hydrogen-bond acceptors (Lipinski definition) is 4. The van der Waals surface area contributed by atoms with E-state index < -0.39 is 0 Å². The third-order valence-electron chi connectivity index (χ3n) is 2.76. The third kappa shape index (κ3) is 2.64. The summed E-state index contributed by atoms with van der Waals surface area (Å²) >= 11 is 0. The predicted molar refractivity (Wildman–Crippen MR) is 62.5 cm³/mol. The fourth-order valence-corrected chi connectivity index (χ4v) is 1.73. The number of carbonyl (C=O) groups is 2. The highest BCUT2D eigenvalue weighted by molar-refractivity contribution is 6.01. The maximum absolute atomic E-state index is 11.5. The van der Waals surface area contributed by atoms with Gasteiger partial charge in [0.1, 0.15) is 11.9 Å². The summed E-state index contributed by atoms with van der Waals surface area (Å²) in [5, 5.41) is 12.3. The Bertz CT molecular complexity index is 438. The van der Waals surface area contributed by atoms with Gasteiger partial charge in [-0.2, -0.15) is 5.10 Å². The van der Waals surface area contributed by atoms with E-state index in [0.29, 0.717) is 24.6 Å². The van der Waals surface area contributed by atoms with Gasteiger partial charge in [0, 0.05) is 12.5 Å². The lowest BCUT2D eigenvalue weighted by molar-refractivity contribution is -0.133. The van der Waals surface area contributed by atoms with Crippen LogP contribution in [0.3, 0.4) is 0 Å². The molecule has 1 aliphatic rings. The Morgan fingerprint density at radius 2 is 2.24 bits per heavy atom. The molecule has 1 unspecified atom stereocenters. The largest absolute Gasteiger partial charge is 0.359 e. The molecule has 0 radical (unpaired) electrons. The lowest BCUT2D eigenvalue weighted by atomic mass is 10.1. The van der Waals surface area contributed by atoms with Crippen molar-refractivity contribution in [2.45, 2.75) is 38.6 Å². The summed E-state index contributed by atoms with van der Waals surface area (Å²) in [4.78, 5) is 22.5. The molecule has 1 aromatic rings. The monoisotopic (exact) mass is 236 g/mol. The number of piperidine rings is 1. The number of carbonyl (C=O) groups excluding carboxylic acids is 2. The van der Waals surface area contributed by atoms with E-state index >= 15 is 0 Å². The van der Waals surface area contributed by atoms with Gasteiger partial charge in [0.2, 0.25) is 11.8 Å². The number of nitrogens with zero attached hydrogens (tertiary/aromatic N) is 1. The minimum atomic E-state index is -0.367. The molecule has 2 amide bonds. The van der Waals surface area contributed by atoms with Crippen molar-refractivity contribution in [3.8, 4) is 0 Å². The first-order valence-corrected chi connectivity index (χ1v) is 5.72. The molecule has 0 saturated carbocycles. The quantitative estimate of drug-likeness (QED) is 0.676. The van der Waals surface area contributed by atoms with E-state index in [1.165, 1.54) is 0 Å². The molecular weight excluding hydrogens is 220 g/mol. The van der Waals surface area contributed by atoms with Crippen molar-refractivity contribution in [3.05, 3.63) is 11.8 Å². The van der Waals surface area contributed by atoms with E-state index in [2.05, 4.69) is 20.8 Å². The van der Waals surface area contributed by atoms with Crippen LogP contribution in [0.4, 0.5) is 5.82 Å². The SMILES string of the molecule is CC(C)c1cc(NC2CCC(=O)NC2=O)[nH]n1. The van der Waals surface area contributed by atoms with Crippen LogP contribution in [-0.4, -0.2) is 28.1 Å². The zero-order valence-corrected chi connectivity index (χ0v) is 9.91. The maximum Gasteiger partial charge on any atom is 0.249 e. The molecule has 2 heterocycles. The average Bonchev–Trinajstić information content (AvgIpc) is 2.71. The molecule has 1 saturated heterocycles. The molecule has 0 aromatic carbocycles. The standard InChI is InChI=1S/C11H16N4O2/c1-6(2)8-5-9(15-14-8)12-7-3-4-10(16)13-11(7)17/h5-7H,3-4H2,1-2H3,(H2,12,14,15)(H,13,16,17). The van der Waals surface area contributed by atoms with Crippen LogP contribution >= 0.6 is 0 Å². The van der Waals surface area contributed by atoms with E-state index in [9.17, 15) is 9.59 Å². The summed E-state index contributed by atoms with van der Waals surface area (Å²) in [5.41, 5.74) is 0.944. The second-order valence-electron chi connectivity index (χ2n) is 4.51. The summed E-state index contributed by atoms with van der Waals surface area (Å²) in [6, 6.07) is 1.52. The van der Waals surface area contributed by atoms with Gasteiger partial charge in [-0.25, -0.2) is 0 Å². The molecule has 1 fully saturated rings. The van der Waals surface area contributed by atoms with Gasteiger partial charge in [-0.1, -0.05) is 13.8 Å². The Hall–Kier alpha value is -1.85. The second kappa shape index (κ2) is 4.57. The van der Waals surface area contributed by atoms with Gasteiger partial charge in [-0.15, -0.1) is 0 Å². The zero-order valence-electron chi connectivity index (χ0n) is 9.91. The summed E-state index contributed by atoms with van der Waals surface area (Å²) in [6.07, 6.45) is 0.884. The van der Waals surface area contributed by atoms with Crippen LogP contribution in [-0.2, 0) is 9.59 Å². The molecule has 6 heteroatoms. The minimum Gasteiger partial charge on any atom is -0.359 e. The van der Waals surface area contributed by atoms with Crippen molar-refractivity contribution in [2.24, 2.45) is 0 Å². The maximum atomic E-state index is 11.5. The van der Waals surface area contributed by atoms with Crippen molar-refractivity contribution in [3.63, 3.8) is 0 Å². The number of H-pyrrole nitrogens is 1. The molecule has 92 valence electrons. The van der Waals surface area contributed by atoms with Gasteiger partial charge >= 0.3 is 0 Å². The molecular formula is C11H16N4O2. The Balaban J connectivity index is 2.00. The fourth-order valence-electron chi connectivity index (χ4n) is 1.73. The highest BCUT2D eigenvalue weighted by Gasteiger charge is 2.26. The van der Waals surface area contributed by atoms with Crippen LogP contribution in [0.15, 0.2) is 6.07 Å². The lowest BCUT2D eigenvalue weighted by Gasteiger charge is -2.21. The van der Waals surface area contributed by atoms with Crippen molar-refractivity contribution in [1.29, 1.82) is 0 Å². The van der Waals surface area contributed by atoms with Crippen molar-refractivity contribution in [1.82, 2.24) is 15.5 Å². The Morgan fingerprint density at radius 1 is 1.47 bits per heavy atom. The fraction of sp³-hybridized carbons (Fsp3) is 0.545. The molecule has 1 atom stereocenters. The Morgan fingerprint density at radius 3 is 2.82 bits per heavy atom. The van der Waals surface area contributed by atoms with Crippen LogP contribution < -0.4 is 10.6 Å². The Labute approximate surface area is 99.2 Å². The molecule has 0 bridgehead atoms. The first kappa shape index (κ1) is 11.6. The summed E-state index contributed by atoms with van der Waals surface area (Å²) in [7, 11) is 0. The molecule has 1 aromatic heterocycles. The molecule has 0 aliphatic carbocycles. The highest BCUT2D eigenvalue weighted by atomic mass is 16.2. The van der Waals surface area contributed by atoms with Crippen LogP contribution in [0.25, 0.3) is 0 Å². The number of amides is 2. The second-order valence-corrected chi connectivity index (χ2v) is 4.51. The molecule has 1 aliphatic heterocycles. The predicted octanol–water partition coefficient (Wildman–Crippen LogP) is 0.750. The van der Waals surface area contributed by atoms with Crippen LogP contribution in [0, 0.1) is 0 Å². The molecule has 6 nitrogen and oxygen atoms in total. The first-order chi connectivity index (χ1) is 8.06. The molecule has 2 rings (SSSR count). The average molecular weight is 236 g/mol. The van der Waals surface area contributed by atoms with E-state index in [1.54, 1.807) is 0 Å². The molecule has 17 heavy (non-hydrogen) atoms. The van der Waals surface area contributed by atoms with Crippen molar-refractivity contribution >= 4 is 17.6 Å². The summed E-state index contributed by atoms with van der Waals surface area (Å²) < 4.78 is 0. The van der Waals surface area contributed by atoms with E-state index in [1.807, 2.05) is 19.9 Å². The first-order valence-electron chi connectivity index (χ1n) is 5.72. The lowest BCUT2D eigenvalue weighted by Crippen LogP contribution is -2.47. The van der Waals surface area contributed by atoms with Gasteiger partial charge in [-0.3, -0.25) is 20.0 Å². The van der Waals surface area contributed by atoms with Gasteiger partial charge in [-0.05, 0) is 12.3 Å². The van der Waals surface area contributed by atoms with Crippen LogP contribution in [0.2, 0.25) is 0 Å². The van der Waals surface area contributed by atoms with Gasteiger partial charge < -0.3 is 5.32 Å². The normalized spacial score (nSPS) is 20.5. The van der Waals surface area contributed by atoms with E-state index in [0.717, 1.165) is 5.69 Å². The van der Waals surface area contributed by atoms with Crippen molar-refractivity contribution < 1.29 is 9.59 Å². The number of aromatic nitrogens is 2. The molecule has 3 N–H and O–H groups in total. The summed E-state index contributed by atoms with van der Waals surface area (Å²) in [5.74, 6) is 0.564. The summed E-state index contributed by atoms with van der Waals surface area (Å²) in [6.45, 7) is 4.10. The van der Waals surface area contributed by atoms with Gasteiger partial charge in [0.25, 0.3) is 0 Å². The molecule has 0 spiro atoms. The van der Waals surface area contributed by atoms with Crippen LogP contribution in [0.1, 0.15) is 38.3 Å². The number of hydrogen-bond donors (Lipinski definition) is 3. The number of anilines is 1. The van der Waals surface area contributed by atoms with Crippen molar-refractivity contribution in [2.75, 3.05) is 5.32 Å². The van der Waals surface area contributed by atoms with E-state index in [4.69, 9.17) is 0 Å². The number of rotatable bonds is 3. The number of nitrogens with one attached hydrogen (secondary N) is 3. The topological polar surface area (TPSA) is 86.9 Å². The zero-order chi connectivity index (χ0) is 12.4. The smallest absolute Gasteiger partial charge is 0.249 e. The third-order valence-corrected chi connectivity index (χ3v) is 2.76. The highest BCUT2D eigenvalue weighted by Crippen LogP contribution is 2.17.